The monoisotopic (exact) mass is 284 g/mol. The third-order valence-electron chi connectivity index (χ3n) is 3.05. The normalized spacial score (nSPS) is 10.1. The summed E-state index contributed by atoms with van der Waals surface area (Å²) >= 11 is 0. The van der Waals surface area contributed by atoms with Crippen molar-refractivity contribution >= 4 is 5.84 Å². The van der Waals surface area contributed by atoms with E-state index in [1.165, 1.54) is 5.56 Å². The largest absolute Gasteiger partial charge is 0.490 e. The third-order valence-corrected chi connectivity index (χ3v) is 3.05. The van der Waals surface area contributed by atoms with Crippen LogP contribution in [-0.4, -0.2) is 19.0 Å². The Morgan fingerprint density at radius 2 is 1.81 bits per heavy atom. The van der Waals surface area contributed by atoms with E-state index in [-0.39, 0.29) is 5.84 Å². The van der Waals surface area contributed by atoms with Crippen molar-refractivity contribution in [3.63, 3.8) is 0 Å². The maximum Gasteiger partial charge on any atom is 0.161 e. The molecule has 0 saturated carbocycles. The number of hydrogen-bond donors (Lipinski definition) is 2. The molecule has 0 fully saturated rings. The fraction of sp³-hybridized carbons (Fsp3) is 0.235. The average Bonchev–Trinajstić information content (AvgIpc) is 2.50. The molecule has 0 aliphatic rings. The van der Waals surface area contributed by atoms with Crippen LogP contribution in [0.2, 0.25) is 0 Å². The molecule has 2 aromatic rings. The van der Waals surface area contributed by atoms with Gasteiger partial charge in [-0.3, -0.25) is 5.41 Å². The van der Waals surface area contributed by atoms with Crippen LogP contribution in [0, 0.1) is 5.41 Å². The molecular formula is C17H20N2O2. The Morgan fingerprint density at radius 1 is 1.05 bits per heavy atom. The summed E-state index contributed by atoms with van der Waals surface area (Å²) in [5, 5.41) is 7.47. The fourth-order valence-electron chi connectivity index (χ4n) is 1.99. The van der Waals surface area contributed by atoms with Crippen LogP contribution in [0.5, 0.6) is 11.5 Å². The first-order chi connectivity index (χ1) is 10.2. The molecule has 0 aromatic heterocycles. The number of rotatable bonds is 7. The molecule has 2 aromatic carbocycles. The van der Waals surface area contributed by atoms with E-state index in [9.17, 15) is 0 Å². The maximum absolute atomic E-state index is 7.47. The molecule has 21 heavy (non-hydrogen) atoms. The zero-order valence-corrected chi connectivity index (χ0v) is 12.1. The number of benzene rings is 2. The lowest BCUT2D eigenvalue weighted by Crippen LogP contribution is -2.11. The van der Waals surface area contributed by atoms with Gasteiger partial charge < -0.3 is 15.2 Å². The first kappa shape index (κ1) is 14.9. The molecule has 0 spiro atoms. The second-order valence-corrected chi connectivity index (χ2v) is 4.59. The molecule has 0 aliphatic carbocycles. The van der Waals surface area contributed by atoms with E-state index in [1.54, 1.807) is 18.2 Å². The molecule has 0 unspecified atom stereocenters. The molecular weight excluding hydrogens is 264 g/mol. The Labute approximate surface area is 125 Å². The molecule has 0 aliphatic heterocycles. The van der Waals surface area contributed by atoms with Crippen molar-refractivity contribution in [3.05, 3.63) is 59.7 Å². The quantitative estimate of drug-likeness (QED) is 0.606. The van der Waals surface area contributed by atoms with Gasteiger partial charge in [0, 0.05) is 12.0 Å². The fourth-order valence-corrected chi connectivity index (χ4v) is 1.99. The van der Waals surface area contributed by atoms with E-state index in [2.05, 4.69) is 12.1 Å². The van der Waals surface area contributed by atoms with Gasteiger partial charge in [0.25, 0.3) is 0 Å². The number of nitrogens with two attached hydrogens (primary N) is 1. The van der Waals surface area contributed by atoms with Crippen molar-refractivity contribution < 1.29 is 9.47 Å². The standard InChI is InChI=1S/C17H20N2O2/c1-2-20-16-12-14(17(18)19)8-9-15(16)21-11-10-13-6-4-3-5-7-13/h3-9,12H,2,10-11H2,1H3,(H3,18,19). The minimum atomic E-state index is 0.0202. The van der Waals surface area contributed by atoms with E-state index in [0.717, 1.165) is 6.42 Å². The van der Waals surface area contributed by atoms with Gasteiger partial charge >= 0.3 is 0 Å². The summed E-state index contributed by atoms with van der Waals surface area (Å²) in [6, 6.07) is 15.5. The lowest BCUT2D eigenvalue weighted by Gasteiger charge is -2.13. The molecule has 4 nitrogen and oxygen atoms in total. The Hall–Kier alpha value is -2.49. The van der Waals surface area contributed by atoms with Gasteiger partial charge in [-0.2, -0.15) is 0 Å². The molecule has 0 atom stereocenters. The molecule has 3 N–H and O–H groups in total. The van der Waals surface area contributed by atoms with Crippen LogP contribution in [-0.2, 0) is 6.42 Å². The zero-order valence-electron chi connectivity index (χ0n) is 12.1. The van der Waals surface area contributed by atoms with Gasteiger partial charge in [-0.05, 0) is 30.7 Å². The SMILES string of the molecule is CCOc1cc(C(=N)N)ccc1OCCc1ccccc1. The molecule has 110 valence electrons. The number of ether oxygens (including phenoxy) is 2. The summed E-state index contributed by atoms with van der Waals surface area (Å²) in [4.78, 5) is 0. The van der Waals surface area contributed by atoms with Gasteiger partial charge in [-0.15, -0.1) is 0 Å². The van der Waals surface area contributed by atoms with Crippen LogP contribution >= 0.6 is 0 Å². The first-order valence-corrected chi connectivity index (χ1v) is 6.98. The molecule has 2 rings (SSSR count). The van der Waals surface area contributed by atoms with Gasteiger partial charge in [-0.25, -0.2) is 0 Å². The smallest absolute Gasteiger partial charge is 0.161 e. The van der Waals surface area contributed by atoms with Gasteiger partial charge in [0.05, 0.1) is 13.2 Å². The molecule has 0 amide bonds. The highest BCUT2D eigenvalue weighted by atomic mass is 16.5. The predicted octanol–water partition coefficient (Wildman–Crippen LogP) is 2.99. The Bertz CT molecular complexity index is 597. The van der Waals surface area contributed by atoms with E-state index in [1.807, 2.05) is 25.1 Å². The highest BCUT2D eigenvalue weighted by molar-refractivity contribution is 5.95. The highest BCUT2D eigenvalue weighted by Crippen LogP contribution is 2.28. The van der Waals surface area contributed by atoms with Crippen LogP contribution in [0.4, 0.5) is 0 Å². The van der Waals surface area contributed by atoms with E-state index in [4.69, 9.17) is 20.6 Å². The van der Waals surface area contributed by atoms with Crippen molar-refractivity contribution in [1.82, 2.24) is 0 Å². The minimum Gasteiger partial charge on any atom is -0.490 e. The second kappa shape index (κ2) is 7.33. The van der Waals surface area contributed by atoms with Crippen molar-refractivity contribution in [1.29, 1.82) is 5.41 Å². The average molecular weight is 284 g/mol. The topological polar surface area (TPSA) is 68.3 Å². The van der Waals surface area contributed by atoms with Gasteiger partial charge in [0.2, 0.25) is 0 Å². The number of amidine groups is 1. The summed E-state index contributed by atoms with van der Waals surface area (Å²) in [5.74, 6) is 1.32. The highest BCUT2D eigenvalue weighted by Gasteiger charge is 2.08. The summed E-state index contributed by atoms with van der Waals surface area (Å²) in [6.45, 7) is 3.02. The van der Waals surface area contributed by atoms with Gasteiger partial charge in [0.15, 0.2) is 11.5 Å². The van der Waals surface area contributed by atoms with Crippen LogP contribution in [0.1, 0.15) is 18.1 Å². The van der Waals surface area contributed by atoms with E-state index in [0.29, 0.717) is 30.3 Å². The van der Waals surface area contributed by atoms with Gasteiger partial charge in [0.1, 0.15) is 5.84 Å². The van der Waals surface area contributed by atoms with Crippen molar-refractivity contribution in [3.8, 4) is 11.5 Å². The maximum atomic E-state index is 7.47. The summed E-state index contributed by atoms with van der Waals surface area (Å²) in [7, 11) is 0. The minimum absolute atomic E-state index is 0.0202. The molecule has 0 bridgehead atoms. The van der Waals surface area contributed by atoms with Crippen LogP contribution < -0.4 is 15.2 Å². The Kier molecular flexibility index (Phi) is 5.21. The van der Waals surface area contributed by atoms with Crippen molar-refractivity contribution in [2.45, 2.75) is 13.3 Å². The van der Waals surface area contributed by atoms with Gasteiger partial charge in [-0.1, -0.05) is 30.3 Å². The number of nitrogen functional groups attached to an aromatic ring is 1. The molecule has 0 radical (unpaired) electrons. The number of nitrogens with one attached hydrogen (secondary N) is 1. The number of hydrogen-bond acceptors (Lipinski definition) is 3. The summed E-state index contributed by atoms with van der Waals surface area (Å²) < 4.78 is 11.3. The second-order valence-electron chi connectivity index (χ2n) is 4.59. The predicted molar refractivity (Wildman–Crippen MR) is 84.3 cm³/mol. The summed E-state index contributed by atoms with van der Waals surface area (Å²) in [5.41, 5.74) is 7.36. The zero-order chi connectivity index (χ0) is 15.1. The lowest BCUT2D eigenvalue weighted by molar-refractivity contribution is 0.279. The van der Waals surface area contributed by atoms with Crippen molar-refractivity contribution in [2.24, 2.45) is 5.73 Å². The summed E-state index contributed by atoms with van der Waals surface area (Å²) in [6.07, 6.45) is 0.834. The Balaban J connectivity index is 2.03. The molecule has 4 heteroatoms. The van der Waals surface area contributed by atoms with Crippen LogP contribution in [0.25, 0.3) is 0 Å². The van der Waals surface area contributed by atoms with E-state index >= 15 is 0 Å². The van der Waals surface area contributed by atoms with Crippen LogP contribution in [0.3, 0.4) is 0 Å². The third kappa shape index (κ3) is 4.24. The lowest BCUT2D eigenvalue weighted by atomic mass is 10.1. The molecule has 0 heterocycles. The Morgan fingerprint density at radius 3 is 2.48 bits per heavy atom. The van der Waals surface area contributed by atoms with Crippen LogP contribution in [0.15, 0.2) is 48.5 Å². The van der Waals surface area contributed by atoms with Crippen molar-refractivity contribution in [2.75, 3.05) is 13.2 Å². The molecule has 0 saturated heterocycles. The van der Waals surface area contributed by atoms with E-state index < -0.39 is 0 Å². The first-order valence-electron chi connectivity index (χ1n) is 6.98.